The largest absolute Gasteiger partial charge is 0.459 e. The first-order valence-electron chi connectivity index (χ1n) is 8.36. The van der Waals surface area contributed by atoms with Crippen molar-refractivity contribution in [1.29, 1.82) is 0 Å². The van der Waals surface area contributed by atoms with Crippen molar-refractivity contribution in [3.8, 4) is 0 Å². The number of likely N-dealkylation sites (N-methyl/N-ethyl adjacent to an activating group) is 1. The van der Waals surface area contributed by atoms with E-state index in [0.717, 1.165) is 18.4 Å². The average molecular weight is 337 g/mol. The molecule has 2 aliphatic rings. The van der Waals surface area contributed by atoms with Gasteiger partial charge in [0.15, 0.2) is 0 Å². The number of carbonyl (C=O) groups excluding carboxylic acids is 2. The predicted octanol–water partition coefficient (Wildman–Crippen LogP) is 1.58. The van der Waals surface area contributed by atoms with Gasteiger partial charge >= 0.3 is 11.9 Å². The molecule has 2 aliphatic heterocycles. The molecule has 2 bridgehead atoms. The number of piperidine rings is 1. The maximum Gasteiger partial charge on any atom is 0.331 e. The number of nitrogens with zero attached hydrogens (tertiary/aromatic N) is 1. The smallest absolute Gasteiger partial charge is 0.331 e. The second-order valence-electron chi connectivity index (χ2n) is 7.00. The molecule has 0 spiro atoms. The Morgan fingerprint density at radius 3 is 2.38 bits per heavy atom. The monoisotopic (exact) mass is 337 g/mol. The highest BCUT2D eigenvalue weighted by Crippen LogP contribution is 2.37. The van der Waals surface area contributed by atoms with Gasteiger partial charge in [-0.15, -0.1) is 0 Å². The van der Waals surface area contributed by atoms with E-state index in [0.29, 0.717) is 12.0 Å². The van der Waals surface area contributed by atoms with Gasteiger partial charge in [0.2, 0.25) is 0 Å². The molecule has 4 unspecified atom stereocenters. The summed E-state index contributed by atoms with van der Waals surface area (Å²) in [6.07, 6.45) is 4.64. The number of aliphatic hydroxyl groups is 1. The van der Waals surface area contributed by atoms with Gasteiger partial charge in [0.25, 0.3) is 0 Å². The molecule has 2 rings (SSSR count). The van der Waals surface area contributed by atoms with Crippen molar-refractivity contribution in [2.45, 2.75) is 64.3 Å². The molecular weight excluding hydrogens is 310 g/mol. The summed E-state index contributed by atoms with van der Waals surface area (Å²) < 4.78 is 11.1. The third kappa shape index (κ3) is 4.68. The van der Waals surface area contributed by atoms with Crippen LogP contribution in [0.25, 0.3) is 0 Å². The summed E-state index contributed by atoms with van der Waals surface area (Å²) >= 11 is 0. The number of esters is 2. The van der Waals surface area contributed by atoms with Gasteiger partial charge in [-0.3, -0.25) is 4.90 Å². The second kappa shape index (κ2) is 7.94. The lowest BCUT2D eigenvalue weighted by molar-refractivity contribution is -0.150. The van der Waals surface area contributed by atoms with Gasteiger partial charge in [0.05, 0.1) is 12.6 Å². The van der Waals surface area contributed by atoms with Gasteiger partial charge in [0.1, 0.15) is 12.2 Å². The highest BCUT2D eigenvalue weighted by atomic mass is 16.6. The van der Waals surface area contributed by atoms with E-state index >= 15 is 0 Å². The number of ether oxygens (including phenoxy) is 2. The molecule has 0 aliphatic carbocycles. The number of fused-ring (bicyclic) bond motifs is 2. The summed E-state index contributed by atoms with van der Waals surface area (Å²) in [5, 5.41) is 8.96. The normalized spacial score (nSPS) is 30.0. The molecule has 6 nitrogen and oxygen atoms in total. The Labute approximate surface area is 143 Å². The molecule has 0 saturated carbocycles. The van der Waals surface area contributed by atoms with Crippen LogP contribution in [0.3, 0.4) is 0 Å². The molecule has 6 heteroatoms. The molecule has 4 atom stereocenters. The first kappa shape index (κ1) is 18.7. The first-order valence-corrected chi connectivity index (χ1v) is 8.36. The highest BCUT2D eigenvalue weighted by Gasteiger charge is 2.47. The van der Waals surface area contributed by atoms with Crippen molar-refractivity contribution >= 4 is 11.9 Å². The fourth-order valence-corrected chi connectivity index (χ4v) is 3.46. The standard InChI is InChI=1S/C18H27NO5/c1-11(2)5-17(21)24-16-8-13-7-14(9-15(16)19(13)4)23-18(22)6-12(3)10-20/h5-6,13-16,20H,7-10H2,1-4H3. The van der Waals surface area contributed by atoms with E-state index in [1.165, 1.54) is 12.2 Å². The molecule has 0 radical (unpaired) electrons. The predicted molar refractivity (Wildman–Crippen MR) is 89.2 cm³/mol. The minimum Gasteiger partial charge on any atom is -0.459 e. The number of hydrogen-bond donors (Lipinski definition) is 1. The van der Waals surface area contributed by atoms with Gasteiger partial charge in [-0.05, 0) is 33.4 Å². The Morgan fingerprint density at radius 2 is 1.75 bits per heavy atom. The van der Waals surface area contributed by atoms with Gasteiger partial charge in [-0.25, -0.2) is 9.59 Å². The number of aliphatic hydroxyl groups excluding tert-OH is 1. The minimum atomic E-state index is -0.423. The van der Waals surface area contributed by atoms with E-state index in [2.05, 4.69) is 4.90 Å². The van der Waals surface area contributed by atoms with Crippen LogP contribution in [0.2, 0.25) is 0 Å². The number of rotatable bonds is 5. The minimum absolute atomic E-state index is 0.0685. The molecule has 1 N–H and O–H groups in total. The van der Waals surface area contributed by atoms with E-state index in [4.69, 9.17) is 14.6 Å². The molecule has 0 aromatic carbocycles. The molecular formula is C18H27NO5. The van der Waals surface area contributed by atoms with Crippen LogP contribution in [0.15, 0.2) is 23.3 Å². The molecule has 134 valence electrons. The Balaban J connectivity index is 1.96. The highest BCUT2D eigenvalue weighted by molar-refractivity contribution is 5.83. The van der Waals surface area contributed by atoms with Gasteiger partial charge in [-0.1, -0.05) is 5.57 Å². The third-order valence-electron chi connectivity index (χ3n) is 4.64. The van der Waals surface area contributed by atoms with E-state index in [9.17, 15) is 9.59 Å². The van der Waals surface area contributed by atoms with Gasteiger partial charge in [-0.2, -0.15) is 0 Å². The molecule has 0 aromatic rings. The summed E-state index contributed by atoms with van der Waals surface area (Å²) in [4.78, 5) is 26.0. The fourth-order valence-electron chi connectivity index (χ4n) is 3.46. The molecule has 2 heterocycles. The van der Waals surface area contributed by atoms with E-state index < -0.39 is 5.97 Å². The van der Waals surface area contributed by atoms with E-state index in [-0.39, 0.29) is 36.9 Å². The Kier molecular flexibility index (Phi) is 6.18. The van der Waals surface area contributed by atoms with Crippen LogP contribution in [0, 0.1) is 0 Å². The van der Waals surface area contributed by atoms with Crippen LogP contribution < -0.4 is 0 Å². The topological polar surface area (TPSA) is 76.1 Å². The van der Waals surface area contributed by atoms with E-state index in [1.54, 1.807) is 6.92 Å². The lowest BCUT2D eigenvalue weighted by atomic mass is 10.0. The maximum atomic E-state index is 11.9. The number of carbonyl (C=O) groups is 2. The Hall–Kier alpha value is -1.66. The van der Waals surface area contributed by atoms with Crippen LogP contribution in [0.1, 0.15) is 40.0 Å². The van der Waals surface area contributed by atoms with Crippen molar-refractivity contribution in [3.05, 3.63) is 23.3 Å². The molecule has 2 saturated heterocycles. The van der Waals surface area contributed by atoms with Crippen LogP contribution >= 0.6 is 0 Å². The summed E-state index contributed by atoms with van der Waals surface area (Å²) in [7, 11) is 2.03. The molecule has 0 aromatic heterocycles. The first-order chi connectivity index (χ1) is 11.3. The second-order valence-corrected chi connectivity index (χ2v) is 7.00. The van der Waals surface area contributed by atoms with Crippen LogP contribution in [-0.2, 0) is 19.1 Å². The van der Waals surface area contributed by atoms with Crippen molar-refractivity contribution in [1.82, 2.24) is 4.90 Å². The zero-order valence-electron chi connectivity index (χ0n) is 14.8. The Bertz CT molecular complexity index is 550. The quantitative estimate of drug-likeness (QED) is 0.606. The average Bonchev–Trinajstić information content (AvgIpc) is 2.66. The van der Waals surface area contributed by atoms with Crippen molar-refractivity contribution in [2.24, 2.45) is 0 Å². The fraction of sp³-hybridized carbons (Fsp3) is 0.667. The van der Waals surface area contributed by atoms with Crippen LogP contribution in [0.4, 0.5) is 0 Å². The summed E-state index contributed by atoms with van der Waals surface area (Å²) in [5.74, 6) is -0.732. The van der Waals surface area contributed by atoms with Crippen molar-refractivity contribution in [2.75, 3.05) is 13.7 Å². The van der Waals surface area contributed by atoms with Gasteiger partial charge in [0, 0.05) is 37.5 Å². The number of allylic oxidation sites excluding steroid dienone is 1. The summed E-state index contributed by atoms with van der Waals surface area (Å²) in [5.41, 5.74) is 1.48. The molecule has 0 amide bonds. The lowest BCUT2D eigenvalue weighted by Gasteiger charge is -2.36. The number of hydrogen-bond acceptors (Lipinski definition) is 6. The summed E-state index contributed by atoms with van der Waals surface area (Å²) in [6.45, 7) is 5.24. The Morgan fingerprint density at radius 1 is 1.08 bits per heavy atom. The third-order valence-corrected chi connectivity index (χ3v) is 4.64. The zero-order chi connectivity index (χ0) is 17.9. The van der Waals surface area contributed by atoms with Crippen LogP contribution in [-0.4, -0.2) is 59.9 Å². The molecule has 24 heavy (non-hydrogen) atoms. The van der Waals surface area contributed by atoms with Crippen LogP contribution in [0.5, 0.6) is 0 Å². The summed E-state index contributed by atoms with van der Waals surface area (Å²) in [6, 6.07) is 0.313. The van der Waals surface area contributed by atoms with Crippen molar-refractivity contribution < 1.29 is 24.2 Å². The zero-order valence-corrected chi connectivity index (χ0v) is 14.8. The lowest BCUT2D eigenvalue weighted by Crippen LogP contribution is -2.46. The SMILES string of the molecule is CC(C)=CC(=O)OC1CC2CC(OC(=O)C=C(C)CO)CC1N2C. The van der Waals surface area contributed by atoms with E-state index in [1.807, 2.05) is 20.9 Å². The molecule has 2 fully saturated rings. The van der Waals surface area contributed by atoms with Gasteiger partial charge < -0.3 is 14.6 Å². The maximum absolute atomic E-state index is 11.9. The van der Waals surface area contributed by atoms with Crippen molar-refractivity contribution in [3.63, 3.8) is 0 Å².